The molecule has 0 saturated heterocycles. The number of likely N-dealkylation sites (N-methyl/N-ethyl adjacent to an activating group) is 1. The Morgan fingerprint density at radius 3 is 2.30 bits per heavy atom. The molecule has 0 aliphatic heterocycles. The van der Waals surface area contributed by atoms with Gasteiger partial charge in [-0.3, -0.25) is 0 Å². The lowest BCUT2D eigenvalue weighted by Crippen LogP contribution is -2.28. The number of hydrogen-bond donors (Lipinski definition) is 1. The summed E-state index contributed by atoms with van der Waals surface area (Å²) < 4.78 is 0. The minimum absolute atomic E-state index is 0.540. The first kappa shape index (κ1) is 14.8. The van der Waals surface area contributed by atoms with E-state index in [0.29, 0.717) is 6.04 Å². The Morgan fingerprint density at radius 2 is 1.65 bits per heavy atom. The van der Waals surface area contributed by atoms with Gasteiger partial charge in [-0.2, -0.15) is 0 Å². The summed E-state index contributed by atoms with van der Waals surface area (Å²) in [5, 5.41) is 3.45. The second-order valence-electron chi connectivity index (χ2n) is 5.70. The summed E-state index contributed by atoms with van der Waals surface area (Å²) in [4.78, 5) is 0. The number of benzene rings is 2. The van der Waals surface area contributed by atoms with Crippen LogP contribution in [0.25, 0.3) is 0 Å². The van der Waals surface area contributed by atoms with Crippen molar-refractivity contribution in [2.24, 2.45) is 0 Å². The molecule has 0 aliphatic rings. The third kappa shape index (κ3) is 4.50. The second kappa shape index (κ2) is 7.25. The summed E-state index contributed by atoms with van der Waals surface area (Å²) in [6.07, 6.45) is 3.41. The van der Waals surface area contributed by atoms with E-state index in [1.807, 2.05) is 0 Å². The lowest BCUT2D eigenvalue weighted by Gasteiger charge is -2.16. The molecule has 106 valence electrons. The molecule has 0 fully saturated rings. The molecule has 0 radical (unpaired) electrons. The van der Waals surface area contributed by atoms with Gasteiger partial charge in [0.2, 0.25) is 0 Å². The van der Waals surface area contributed by atoms with Crippen molar-refractivity contribution in [2.75, 3.05) is 7.05 Å². The van der Waals surface area contributed by atoms with Gasteiger partial charge in [-0.05, 0) is 51.3 Å². The van der Waals surface area contributed by atoms with Crippen molar-refractivity contribution in [3.05, 3.63) is 70.8 Å². The van der Waals surface area contributed by atoms with E-state index in [4.69, 9.17) is 0 Å². The number of nitrogens with one attached hydrogen (secondary N) is 1. The van der Waals surface area contributed by atoms with Gasteiger partial charge < -0.3 is 5.32 Å². The highest BCUT2D eigenvalue weighted by molar-refractivity contribution is 5.23. The smallest absolute Gasteiger partial charge is 0.0108 e. The first-order valence-electron chi connectivity index (χ1n) is 7.46. The first-order valence-corrected chi connectivity index (χ1v) is 7.46. The van der Waals surface area contributed by atoms with Gasteiger partial charge in [0.25, 0.3) is 0 Å². The van der Waals surface area contributed by atoms with Crippen molar-refractivity contribution >= 4 is 0 Å². The van der Waals surface area contributed by atoms with Crippen molar-refractivity contribution in [1.82, 2.24) is 5.32 Å². The molecule has 2 aromatic rings. The van der Waals surface area contributed by atoms with Gasteiger partial charge in [0.15, 0.2) is 0 Å². The average molecular weight is 267 g/mol. The monoisotopic (exact) mass is 267 g/mol. The molecule has 1 N–H and O–H groups in total. The molecule has 1 unspecified atom stereocenters. The Morgan fingerprint density at radius 1 is 0.900 bits per heavy atom. The van der Waals surface area contributed by atoms with Crippen LogP contribution in [0.5, 0.6) is 0 Å². The minimum Gasteiger partial charge on any atom is -0.317 e. The third-order valence-corrected chi connectivity index (χ3v) is 3.87. The van der Waals surface area contributed by atoms with Crippen LogP contribution in [0.15, 0.2) is 48.5 Å². The molecule has 0 heterocycles. The Hall–Kier alpha value is -1.60. The molecule has 1 atom stereocenters. The summed E-state index contributed by atoms with van der Waals surface area (Å²) in [6.45, 7) is 4.29. The highest BCUT2D eigenvalue weighted by Gasteiger charge is 2.07. The molecule has 2 aromatic carbocycles. The van der Waals surface area contributed by atoms with Gasteiger partial charge in [0.05, 0.1) is 0 Å². The molecule has 0 saturated carbocycles. The Bertz CT molecular complexity index is 528. The zero-order valence-corrected chi connectivity index (χ0v) is 12.8. The molecule has 0 aliphatic carbocycles. The van der Waals surface area contributed by atoms with Crippen molar-refractivity contribution in [2.45, 2.75) is 39.2 Å². The van der Waals surface area contributed by atoms with Crippen LogP contribution >= 0.6 is 0 Å². The molecule has 0 amide bonds. The zero-order valence-electron chi connectivity index (χ0n) is 12.8. The second-order valence-corrected chi connectivity index (χ2v) is 5.70. The lowest BCUT2D eigenvalue weighted by molar-refractivity contribution is 0.520. The average Bonchev–Trinajstić information content (AvgIpc) is 2.45. The normalized spacial score (nSPS) is 12.3. The van der Waals surface area contributed by atoms with Crippen LogP contribution in [0.2, 0.25) is 0 Å². The fourth-order valence-electron chi connectivity index (χ4n) is 2.57. The van der Waals surface area contributed by atoms with Crippen LogP contribution in [0.4, 0.5) is 0 Å². The van der Waals surface area contributed by atoms with E-state index in [2.05, 4.69) is 74.7 Å². The Kier molecular flexibility index (Phi) is 5.37. The fraction of sp³-hybridized carbons (Fsp3) is 0.368. The van der Waals surface area contributed by atoms with Crippen molar-refractivity contribution in [3.63, 3.8) is 0 Å². The summed E-state index contributed by atoms with van der Waals surface area (Å²) in [6, 6.07) is 18.2. The number of hydrogen-bond acceptors (Lipinski definition) is 1. The topological polar surface area (TPSA) is 12.0 Å². The molecule has 2 rings (SSSR count). The van der Waals surface area contributed by atoms with Gasteiger partial charge in [0, 0.05) is 6.04 Å². The third-order valence-electron chi connectivity index (χ3n) is 3.87. The van der Waals surface area contributed by atoms with E-state index < -0.39 is 0 Å². The van der Waals surface area contributed by atoms with E-state index in [9.17, 15) is 0 Å². The Labute approximate surface area is 123 Å². The standard InChI is InChI=1S/C19H25N/c1-15-7-9-18(10-8-15)14-19(20-3)12-11-17-6-4-5-16(2)13-17/h4-10,13,19-20H,11-12,14H2,1-3H3. The van der Waals surface area contributed by atoms with E-state index in [1.165, 1.54) is 28.7 Å². The molecular weight excluding hydrogens is 242 g/mol. The van der Waals surface area contributed by atoms with Gasteiger partial charge in [-0.25, -0.2) is 0 Å². The van der Waals surface area contributed by atoms with Crippen molar-refractivity contribution in [1.29, 1.82) is 0 Å². The van der Waals surface area contributed by atoms with Crippen LogP contribution in [0, 0.1) is 13.8 Å². The van der Waals surface area contributed by atoms with Crippen LogP contribution in [-0.2, 0) is 12.8 Å². The highest BCUT2D eigenvalue weighted by Crippen LogP contribution is 2.12. The van der Waals surface area contributed by atoms with Gasteiger partial charge in [0.1, 0.15) is 0 Å². The SMILES string of the molecule is CNC(CCc1cccc(C)c1)Cc1ccc(C)cc1. The molecule has 0 aromatic heterocycles. The Balaban J connectivity index is 1.90. The predicted octanol–water partition coefficient (Wildman–Crippen LogP) is 4.07. The molecule has 20 heavy (non-hydrogen) atoms. The van der Waals surface area contributed by atoms with E-state index in [-0.39, 0.29) is 0 Å². The summed E-state index contributed by atoms with van der Waals surface area (Å²) in [7, 11) is 2.06. The zero-order chi connectivity index (χ0) is 14.4. The molecule has 1 nitrogen and oxygen atoms in total. The van der Waals surface area contributed by atoms with Crippen LogP contribution in [0.3, 0.4) is 0 Å². The van der Waals surface area contributed by atoms with E-state index >= 15 is 0 Å². The summed E-state index contributed by atoms with van der Waals surface area (Å²) in [5.74, 6) is 0. The predicted molar refractivity (Wildman–Crippen MR) is 87.2 cm³/mol. The summed E-state index contributed by atoms with van der Waals surface area (Å²) in [5.41, 5.74) is 5.53. The minimum atomic E-state index is 0.540. The van der Waals surface area contributed by atoms with Gasteiger partial charge in [-0.1, -0.05) is 59.7 Å². The van der Waals surface area contributed by atoms with Crippen molar-refractivity contribution in [3.8, 4) is 0 Å². The van der Waals surface area contributed by atoms with Crippen molar-refractivity contribution < 1.29 is 0 Å². The molecule has 0 bridgehead atoms. The first-order chi connectivity index (χ1) is 9.67. The highest BCUT2D eigenvalue weighted by atomic mass is 14.9. The van der Waals surface area contributed by atoms with Gasteiger partial charge in [-0.15, -0.1) is 0 Å². The number of rotatable bonds is 6. The van der Waals surface area contributed by atoms with E-state index in [0.717, 1.165) is 12.8 Å². The lowest BCUT2D eigenvalue weighted by atomic mass is 9.98. The maximum absolute atomic E-state index is 3.45. The molecule has 0 spiro atoms. The maximum Gasteiger partial charge on any atom is 0.0108 e. The maximum atomic E-state index is 3.45. The van der Waals surface area contributed by atoms with Crippen LogP contribution in [0.1, 0.15) is 28.7 Å². The van der Waals surface area contributed by atoms with Gasteiger partial charge >= 0.3 is 0 Å². The summed E-state index contributed by atoms with van der Waals surface area (Å²) >= 11 is 0. The van der Waals surface area contributed by atoms with E-state index in [1.54, 1.807) is 0 Å². The van der Waals surface area contributed by atoms with Crippen LogP contribution < -0.4 is 5.32 Å². The quantitative estimate of drug-likeness (QED) is 0.832. The largest absolute Gasteiger partial charge is 0.317 e. The molecular formula is C19H25N. The number of aryl methyl sites for hydroxylation is 3. The fourth-order valence-corrected chi connectivity index (χ4v) is 2.57. The molecule has 1 heteroatoms. The van der Waals surface area contributed by atoms with Crippen LogP contribution in [-0.4, -0.2) is 13.1 Å².